The number of piperidine rings is 1. The first-order valence-electron chi connectivity index (χ1n) is 8.25. The third-order valence-corrected chi connectivity index (χ3v) is 5.71. The minimum absolute atomic E-state index is 0. The molecule has 1 fully saturated rings. The van der Waals surface area contributed by atoms with Crippen LogP contribution in [0.25, 0.3) is 0 Å². The molecule has 8 heteroatoms. The van der Waals surface area contributed by atoms with Crippen molar-refractivity contribution in [3.63, 3.8) is 0 Å². The van der Waals surface area contributed by atoms with Gasteiger partial charge in [-0.05, 0) is 44.0 Å². The summed E-state index contributed by atoms with van der Waals surface area (Å²) in [5.41, 5.74) is 6.92. The lowest BCUT2D eigenvalue weighted by molar-refractivity contribution is 0.0646. The van der Waals surface area contributed by atoms with Crippen LogP contribution in [0.5, 0.6) is 0 Å². The summed E-state index contributed by atoms with van der Waals surface area (Å²) in [6.45, 7) is 2.97. The number of carbonyl (C=O) groups is 2. The first-order valence-corrected chi connectivity index (χ1v) is 9.51. The molecule has 1 aliphatic rings. The molecule has 0 aliphatic carbocycles. The lowest BCUT2D eigenvalue weighted by Crippen LogP contribution is -2.40. The van der Waals surface area contributed by atoms with Crippen LogP contribution in [0.1, 0.15) is 51.7 Å². The van der Waals surface area contributed by atoms with Crippen LogP contribution >= 0.6 is 35.3 Å². The summed E-state index contributed by atoms with van der Waals surface area (Å²) >= 11 is 7.27. The maximum atomic E-state index is 12.6. The van der Waals surface area contributed by atoms with E-state index in [1.54, 1.807) is 34.5 Å². The Balaban J connectivity index is 0.00000243. The Bertz CT molecular complexity index is 769. The van der Waals surface area contributed by atoms with Gasteiger partial charge in [0.05, 0.1) is 6.04 Å². The number of amides is 1. The molecule has 1 atom stereocenters. The molecule has 1 aromatic carbocycles. The lowest BCUT2D eigenvalue weighted by Gasteiger charge is -2.31. The molecule has 0 saturated carbocycles. The molecule has 1 saturated heterocycles. The Hall–Kier alpha value is -1.47. The predicted molar refractivity (Wildman–Crippen MR) is 106 cm³/mol. The fourth-order valence-electron chi connectivity index (χ4n) is 2.95. The quantitative estimate of drug-likeness (QED) is 0.768. The van der Waals surface area contributed by atoms with E-state index in [2.05, 4.69) is 4.98 Å². The van der Waals surface area contributed by atoms with Crippen LogP contribution in [0.3, 0.4) is 0 Å². The fraction of sp³-hybridized carbons (Fsp3) is 0.389. The molecule has 140 valence electrons. The number of benzene rings is 1. The normalized spacial score (nSPS) is 16.0. The van der Waals surface area contributed by atoms with E-state index in [-0.39, 0.29) is 36.1 Å². The Morgan fingerprint density at radius 3 is 2.42 bits per heavy atom. The van der Waals surface area contributed by atoms with Gasteiger partial charge < -0.3 is 10.6 Å². The summed E-state index contributed by atoms with van der Waals surface area (Å²) in [5.74, 6) is -0.0162. The Kier molecular flexibility index (Phi) is 7.17. The highest BCUT2D eigenvalue weighted by Crippen LogP contribution is 2.24. The van der Waals surface area contributed by atoms with Crippen LogP contribution in [-0.2, 0) is 0 Å². The van der Waals surface area contributed by atoms with Crippen molar-refractivity contribution in [2.24, 2.45) is 11.7 Å². The summed E-state index contributed by atoms with van der Waals surface area (Å²) < 4.78 is 0. The molecule has 1 unspecified atom stereocenters. The second kappa shape index (κ2) is 8.95. The van der Waals surface area contributed by atoms with Crippen molar-refractivity contribution < 1.29 is 9.59 Å². The lowest BCUT2D eigenvalue weighted by atomic mass is 9.89. The molecular formula is C18H21Cl2N3O2S. The summed E-state index contributed by atoms with van der Waals surface area (Å²) in [6.07, 6.45) is 1.33. The minimum atomic E-state index is -0.172. The Morgan fingerprint density at radius 2 is 1.88 bits per heavy atom. The second-order valence-electron chi connectivity index (χ2n) is 6.30. The zero-order chi connectivity index (χ0) is 18.0. The standard InChI is InChI=1S/C18H20ClN3O2S.ClH/c1-11(20)17-21-15(10-25-17)18(24)22-8-6-13(7-9-22)16(23)12-2-4-14(19)5-3-12;/h2-5,10-11,13H,6-9,20H2,1H3;1H. The molecule has 0 radical (unpaired) electrons. The van der Waals surface area contributed by atoms with Crippen molar-refractivity contribution in [3.8, 4) is 0 Å². The number of halogens is 2. The maximum Gasteiger partial charge on any atom is 0.273 e. The van der Waals surface area contributed by atoms with E-state index < -0.39 is 0 Å². The zero-order valence-electron chi connectivity index (χ0n) is 14.4. The van der Waals surface area contributed by atoms with Crippen LogP contribution in [0.4, 0.5) is 0 Å². The van der Waals surface area contributed by atoms with Crippen molar-refractivity contribution in [1.29, 1.82) is 0 Å². The van der Waals surface area contributed by atoms with Gasteiger partial charge >= 0.3 is 0 Å². The number of carbonyl (C=O) groups excluding carboxylic acids is 2. The molecular weight excluding hydrogens is 393 g/mol. The van der Waals surface area contributed by atoms with Gasteiger partial charge in [-0.25, -0.2) is 4.98 Å². The number of rotatable bonds is 4. The molecule has 2 N–H and O–H groups in total. The predicted octanol–water partition coefficient (Wildman–Crippen LogP) is 3.97. The highest BCUT2D eigenvalue weighted by molar-refractivity contribution is 7.09. The topological polar surface area (TPSA) is 76.3 Å². The molecule has 0 bridgehead atoms. The molecule has 2 heterocycles. The van der Waals surface area contributed by atoms with Crippen molar-refractivity contribution >= 4 is 47.0 Å². The number of likely N-dealkylation sites (tertiary alicyclic amines) is 1. The number of hydrogen-bond donors (Lipinski definition) is 1. The third-order valence-electron chi connectivity index (χ3n) is 4.41. The van der Waals surface area contributed by atoms with Crippen LogP contribution in [0.15, 0.2) is 29.6 Å². The maximum absolute atomic E-state index is 12.6. The first-order chi connectivity index (χ1) is 12.0. The number of nitrogens with two attached hydrogens (primary N) is 1. The molecule has 0 spiro atoms. The van der Waals surface area contributed by atoms with Gasteiger partial charge in [-0.15, -0.1) is 23.7 Å². The van der Waals surface area contributed by atoms with Crippen molar-refractivity contribution in [3.05, 3.63) is 50.9 Å². The van der Waals surface area contributed by atoms with E-state index in [1.807, 2.05) is 6.92 Å². The number of thiazole rings is 1. The highest BCUT2D eigenvalue weighted by Gasteiger charge is 2.29. The van der Waals surface area contributed by atoms with Gasteiger partial charge in [0.1, 0.15) is 10.7 Å². The number of Topliss-reactive ketones (excluding diaryl/α,β-unsaturated/α-hetero) is 1. The van der Waals surface area contributed by atoms with Crippen LogP contribution in [-0.4, -0.2) is 34.7 Å². The monoisotopic (exact) mass is 413 g/mol. The number of ketones is 1. The summed E-state index contributed by atoms with van der Waals surface area (Å²) in [6, 6.07) is 6.80. The van der Waals surface area contributed by atoms with Gasteiger partial charge in [0.2, 0.25) is 0 Å². The molecule has 3 rings (SSSR count). The highest BCUT2D eigenvalue weighted by atomic mass is 35.5. The average Bonchev–Trinajstić information content (AvgIpc) is 3.12. The van der Waals surface area contributed by atoms with Crippen LogP contribution in [0, 0.1) is 5.92 Å². The average molecular weight is 414 g/mol. The van der Waals surface area contributed by atoms with E-state index in [4.69, 9.17) is 17.3 Å². The van der Waals surface area contributed by atoms with Gasteiger partial charge in [-0.1, -0.05) is 11.6 Å². The van der Waals surface area contributed by atoms with Crippen molar-refractivity contribution in [1.82, 2.24) is 9.88 Å². The minimum Gasteiger partial charge on any atom is -0.337 e. The number of nitrogens with zero attached hydrogens (tertiary/aromatic N) is 2. The third kappa shape index (κ3) is 4.62. The van der Waals surface area contributed by atoms with Gasteiger partial charge in [0.15, 0.2) is 5.78 Å². The summed E-state index contributed by atoms with van der Waals surface area (Å²) in [7, 11) is 0. The fourth-order valence-corrected chi connectivity index (χ4v) is 3.83. The van der Waals surface area contributed by atoms with Gasteiger partial charge in [0.25, 0.3) is 5.91 Å². The van der Waals surface area contributed by atoms with E-state index in [1.165, 1.54) is 11.3 Å². The smallest absolute Gasteiger partial charge is 0.273 e. The molecule has 1 aromatic heterocycles. The van der Waals surface area contributed by atoms with E-state index in [0.29, 0.717) is 42.2 Å². The van der Waals surface area contributed by atoms with Gasteiger partial charge in [0, 0.05) is 35.0 Å². The van der Waals surface area contributed by atoms with Gasteiger partial charge in [-0.3, -0.25) is 9.59 Å². The van der Waals surface area contributed by atoms with E-state index in [9.17, 15) is 9.59 Å². The second-order valence-corrected chi connectivity index (χ2v) is 7.62. The molecule has 2 aromatic rings. The SMILES string of the molecule is CC(N)c1nc(C(=O)N2CCC(C(=O)c3ccc(Cl)cc3)CC2)cs1.Cl. The summed E-state index contributed by atoms with van der Waals surface area (Å²) in [4.78, 5) is 31.2. The Morgan fingerprint density at radius 1 is 1.27 bits per heavy atom. The largest absolute Gasteiger partial charge is 0.337 e. The number of hydrogen-bond acceptors (Lipinski definition) is 5. The molecule has 1 amide bonds. The first kappa shape index (κ1) is 20.8. The van der Waals surface area contributed by atoms with E-state index >= 15 is 0 Å². The van der Waals surface area contributed by atoms with Gasteiger partial charge in [-0.2, -0.15) is 0 Å². The van der Waals surface area contributed by atoms with Crippen molar-refractivity contribution in [2.75, 3.05) is 13.1 Å². The summed E-state index contributed by atoms with van der Waals surface area (Å²) in [5, 5.41) is 3.13. The molecule has 26 heavy (non-hydrogen) atoms. The molecule has 5 nitrogen and oxygen atoms in total. The van der Waals surface area contributed by atoms with Crippen LogP contribution in [0.2, 0.25) is 5.02 Å². The number of aromatic nitrogens is 1. The van der Waals surface area contributed by atoms with Crippen molar-refractivity contribution in [2.45, 2.75) is 25.8 Å². The Labute approximate surface area is 168 Å². The molecule has 1 aliphatic heterocycles. The van der Waals surface area contributed by atoms with Crippen LogP contribution < -0.4 is 5.73 Å². The van der Waals surface area contributed by atoms with E-state index in [0.717, 1.165) is 5.01 Å². The zero-order valence-corrected chi connectivity index (χ0v) is 16.7.